The van der Waals surface area contributed by atoms with E-state index in [1.807, 2.05) is 6.08 Å². The van der Waals surface area contributed by atoms with Gasteiger partial charge in [0.15, 0.2) is 0 Å². The molecule has 1 amide bonds. The van der Waals surface area contributed by atoms with Crippen molar-refractivity contribution < 1.29 is 20.1 Å². The van der Waals surface area contributed by atoms with Gasteiger partial charge in [-0.1, -0.05) is 218 Å². The highest BCUT2D eigenvalue weighted by Gasteiger charge is 2.22. The molecule has 0 aromatic carbocycles. The van der Waals surface area contributed by atoms with E-state index < -0.39 is 24.2 Å². The highest BCUT2D eigenvalue weighted by Crippen LogP contribution is 2.16. The Bertz CT molecular complexity index is 724. The molecule has 0 aliphatic heterocycles. The van der Waals surface area contributed by atoms with Gasteiger partial charge in [-0.15, -0.1) is 0 Å². The molecule has 0 saturated carbocycles. The van der Waals surface area contributed by atoms with Gasteiger partial charge >= 0.3 is 0 Å². The number of nitrogens with one attached hydrogen (secondary N) is 1. The zero-order chi connectivity index (χ0) is 35.9. The van der Waals surface area contributed by atoms with Gasteiger partial charge in [-0.25, -0.2) is 0 Å². The van der Waals surface area contributed by atoms with Crippen LogP contribution < -0.4 is 5.32 Å². The summed E-state index contributed by atoms with van der Waals surface area (Å²) in [4.78, 5) is 12.4. The molecule has 4 N–H and O–H groups in total. The van der Waals surface area contributed by atoms with Gasteiger partial charge in [0.05, 0.1) is 18.8 Å². The van der Waals surface area contributed by atoms with Crippen molar-refractivity contribution in [2.75, 3.05) is 6.61 Å². The second-order valence-electron chi connectivity index (χ2n) is 14.9. The number of unbranched alkanes of at least 4 members (excludes halogenated alkanes) is 29. The van der Waals surface area contributed by atoms with Crippen LogP contribution in [0.25, 0.3) is 0 Å². The summed E-state index contributed by atoms with van der Waals surface area (Å²) in [6, 6.07) is -0.810. The minimum Gasteiger partial charge on any atom is -0.394 e. The molecule has 5 nitrogen and oxygen atoms in total. The molecular formula is C44H85NO4. The summed E-state index contributed by atoms with van der Waals surface area (Å²) >= 11 is 0. The summed E-state index contributed by atoms with van der Waals surface area (Å²) < 4.78 is 0. The van der Waals surface area contributed by atoms with Gasteiger partial charge in [-0.3, -0.25) is 4.79 Å². The fourth-order valence-corrected chi connectivity index (χ4v) is 6.61. The lowest BCUT2D eigenvalue weighted by Crippen LogP contribution is -2.48. The molecule has 3 unspecified atom stereocenters. The van der Waals surface area contributed by atoms with E-state index in [2.05, 4.69) is 31.3 Å². The van der Waals surface area contributed by atoms with Crippen molar-refractivity contribution in [3.63, 3.8) is 0 Å². The van der Waals surface area contributed by atoms with E-state index in [1.165, 1.54) is 167 Å². The number of rotatable bonds is 39. The van der Waals surface area contributed by atoms with E-state index in [4.69, 9.17) is 0 Å². The number of carbonyl (C=O) groups excluding carboxylic acids is 1. The lowest BCUT2D eigenvalue weighted by molar-refractivity contribution is -0.131. The third-order valence-corrected chi connectivity index (χ3v) is 10.0. The molecule has 0 aliphatic carbocycles. The average molecular weight is 692 g/mol. The second kappa shape index (κ2) is 39.6. The van der Waals surface area contributed by atoms with E-state index in [0.717, 1.165) is 38.5 Å². The van der Waals surface area contributed by atoms with Gasteiger partial charge in [0.1, 0.15) is 6.10 Å². The summed E-state index contributed by atoms with van der Waals surface area (Å²) in [7, 11) is 0. The number of amides is 1. The first-order valence-corrected chi connectivity index (χ1v) is 21.7. The molecular weight excluding hydrogens is 606 g/mol. The molecule has 0 saturated heterocycles. The van der Waals surface area contributed by atoms with E-state index in [1.54, 1.807) is 6.08 Å². The van der Waals surface area contributed by atoms with Crippen molar-refractivity contribution in [1.82, 2.24) is 5.32 Å². The van der Waals surface area contributed by atoms with Crippen molar-refractivity contribution in [2.45, 2.75) is 244 Å². The van der Waals surface area contributed by atoms with E-state index in [-0.39, 0.29) is 6.61 Å². The first-order chi connectivity index (χ1) is 24.1. The second-order valence-corrected chi connectivity index (χ2v) is 14.9. The normalized spacial score (nSPS) is 13.8. The zero-order valence-corrected chi connectivity index (χ0v) is 32.8. The van der Waals surface area contributed by atoms with Crippen LogP contribution in [0.15, 0.2) is 24.3 Å². The maximum Gasteiger partial charge on any atom is 0.249 e. The molecule has 0 rings (SSSR count). The fourth-order valence-electron chi connectivity index (χ4n) is 6.61. The van der Waals surface area contributed by atoms with Gasteiger partial charge in [0.25, 0.3) is 0 Å². The molecule has 290 valence electrons. The molecule has 49 heavy (non-hydrogen) atoms. The lowest BCUT2D eigenvalue weighted by Gasteiger charge is -2.21. The van der Waals surface area contributed by atoms with Gasteiger partial charge in [-0.2, -0.15) is 0 Å². The van der Waals surface area contributed by atoms with Crippen molar-refractivity contribution in [3.8, 4) is 0 Å². The van der Waals surface area contributed by atoms with E-state index in [9.17, 15) is 20.1 Å². The third-order valence-electron chi connectivity index (χ3n) is 10.0. The summed E-state index contributed by atoms with van der Waals surface area (Å²) in [6.07, 6.45) is 47.8. The van der Waals surface area contributed by atoms with Crippen molar-refractivity contribution >= 4 is 5.91 Å². The van der Waals surface area contributed by atoms with Crippen LogP contribution in [0.4, 0.5) is 0 Å². The Kier molecular flexibility index (Phi) is 38.7. The highest BCUT2D eigenvalue weighted by atomic mass is 16.3. The standard InChI is InChI=1S/C44H85NO4/c1-3-5-7-9-11-13-15-17-19-21-22-23-25-27-29-31-33-35-37-39-43(48)44(49)45-41(40-46)42(47)38-36-34-32-30-28-26-24-20-18-16-14-12-10-8-6-4-2/h28,30,36,38,41-43,46-48H,3-27,29,31-35,37,39-40H2,1-2H3,(H,45,49)/b30-28+,38-36+. The van der Waals surface area contributed by atoms with Crippen LogP contribution in [0, 0.1) is 0 Å². The first kappa shape index (κ1) is 47.8. The molecule has 3 atom stereocenters. The van der Waals surface area contributed by atoms with Crippen LogP contribution in [0.5, 0.6) is 0 Å². The molecule has 0 spiro atoms. The minimum absolute atomic E-state index is 0.373. The number of aliphatic hydroxyl groups is 3. The molecule has 0 heterocycles. The maximum atomic E-state index is 12.4. The quantitative estimate of drug-likeness (QED) is 0.0381. The SMILES string of the molecule is CCCCCCCCCCCC/C=C/CC/C=C/C(O)C(CO)NC(=O)C(O)CCCCCCCCCCCCCCCCCCCCC. The van der Waals surface area contributed by atoms with E-state index >= 15 is 0 Å². The molecule has 0 radical (unpaired) electrons. The molecule has 0 bridgehead atoms. The summed E-state index contributed by atoms with van der Waals surface area (Å²) in [5.41, 5.74) is 0. The Morgan fingerprint density at radius 1 is 0.490 bits per heavy atom. The molecule has 0 aliphatic rings. The Morgan fingerprint density at radius 3 is 1.24 bits per heavy atom. The summed E-state index contributed by atoms with van der Waals surface area (Å²) in [6.45, 7) is 4.18. The van der Waals surface area contributed by atoms with Crippen molar-refractivity contribution in [3.05, 3.63) is 24.3 Å². The molecule has 5 heteroatoms. The summed E-state index contributed by atoms with van der Waals surface area (Å²) in [5, 5.41) is 33.1. The largest absolute Gasteiger partial charge is 0.394 e. The van der Waals surface area contributed by atoms with Gasteiger partial charge in [0.2, 0.25) is 5.91 Å². The molecule has 0 aromatic rings. The monoisotopic (exact) mass is 692 g/mol. The Labute approximate surface area is 305 Å². The Balaban J connectivity index is 3.69. The Hall–Kier alpha value is -1.17. The number of allylic oxidation sites excluding steroid dienone is 3. The van der Waals surface area contributed by atoms with Crippen molar-refractivity contribution in [1.29, 1.82) is 0 Å². The minimum atomic E-state index is -1.10. The van der Waals surface area contributed by atoms with Crippen LogP contribution in [-0.4, -0.2) is 46.1 Å². The fraction of sp³-hybridized carbons (Fsp3) is 0.886. The predicted molar refractivity (Wildman–Crippen MR) is 213 cm³/mol. The smallest absolute Gasteiger partial charge is 0.249 e. The lowest BCUT2D eigenvalue weighted by atomic mass is 10.0. The van der Waals surface area contributed by atoms with Crippen LogP contribution in [-0.2, 0) is 4.79 Å². The average Bonchev–Trinajstić information content (AvgIpc) is 3.11. The third kappa shape index (κ3) is 35.0. The number of hydrogen-bond donors (Lipinski definition) is 4. The number of carbonyl (C=O) groups is 1. The molecule has 0 fully saturated rings. The van der Waals surface area contributed by atoms with Gasteiger partial charge in [-0.05, 0) is 32.1 Å². The van der Waals surface area contributed by atoms with Crippen LogP contribution in [0.2, 0.25) is 0 Å². The maximum absolute atomic E-state index is 12.4. The van der Waals surface area contributed by atoms with Crippen LogP contribution >= 0.6 is 0 Å². The first-order valence-electron chi connectivity index (χ1n) is 21.7. The van der Waals surface area contributed by atoms with Gasteiger partial charge in [0, 0.05) is 0 Å². The van der Waals surface area contributed by atoms with Crippen LogP contribution in [0.1, 0.15) is 226 Å². The Morgan fingerprint density at radius 2 is 0.837 bits per heavy atom. The van der Waals surface area contributed by atoms with Crippen molar-refractivity contribution in [2.24, 2.45) is 0 Å². The summed E-state index contributed by atoms with van der Waals surface area (Å²) in [5.74, 6) is -0.510. The zero-order valence-electron chi connectivity index (χ0n) is 32.8. The predicted octanol–water partition coefficient (Wildman–Crippen LogP) is 12.2. The molecule has 0 aromatic heterocycles. The number of hydrogen-bond acceptors (Lipinski definition) is 4. The van der Waals surface area contributed by atoms with Gasteiger partial charge < -0.3 is 20.6 Å². The highest BCUT2D eigenvalue weighted by molar-refractivity contribution is 5.80. The van der Waals surface area contributed by atoms with Crippen LogP contribution in [0.3, 0.4) is 0 Å². The number of aliphatic hydroxyl groups excluding tert-OH is 3. The topological polar surface area (TPSA) is 89.8 Å². The van der Waals surface area contributed by atoms with E-state index in [0.29, 0.717) is 6.42 Å².